The first-order valence-electron chi connectivity index (χ1n) is 6.50. The number of para-hydroxylation sites is 1. The minimum atomic E-state index is 0.00105. The van der Waals surface area contributed by atoms with E-state index in [2.05, 4.69) is 31.1 Å². The maximum Gasteiger partial charge on any atom is 0.204 e. The summed E-state index contributed by atoms with van der Waals surface area (Å²) in [6, 6.07) is 11.5. The van der Waals surface area contributed by atoms with Gasteiger partial charge in [-0.3, -0.25) is 4.79 Å². The van der Waals surface area contributed by atoms with Crippen molar-refractivity contribution >= 4 is 31.7 Å². The monoisotopic (exact) mass is 343 g/mol. The molecule has 5 nitrogen and oxygen atoms in total. The molecule has 0 amide bonds. The fraction of sp³-hybridized carbons (Fsp3) is 0.133. The molecule has 0 spiro atoms. The van der Waals surface area contributed by atoms with Gasteiger partial charge in [0.2, 0.25) is 4.69 Å². The summed E-state index contributed by atoms with van der Waals surface area (Å²) >= 11 is 2.93. The number of fused-ring (bicyclic) bond motifs is 1. The van der Waals surface area contributed by atoms with Gasteiger partial charge in [-0.2, -0.15) is 0 Å². The van der Waals surface area contributed by atoms with Gasteiger partial charge in [-0.1, -0.05) is 12.1 Å². The van der Waals surface area contributed by atoms with E-state index < -0.39 is 0 Å². The van der Waals surface area contributed by atoms with Crippen LogP contribution in [0.4, 0.5) is 0 Å². The highest BCUT2D eigenvalue weighted by Gasteiger charge is 2.08. The lowest BCUT2D eigenvalue weighted by Crippen LogP contribution is -2.33. The van der Waals surface area contributed by atoms with Crippen molar-refractivity contribution in [1.29, 1.82) is 0 Å². The Bertz CT molecular complexity index is 789. The van der Waals surface area contributed by atoms with Crippen LogP contribution in [-0.4, -0.2) is 19.9 Å². The fourth-order valence-electron chi connectivity index (χ4n) is 1.98. The van der Waals surface area contributed by atoms with E-state index in [-0.39, 0.29) is 4.69 Å². The molecule has 0 unspecified atom stereocenters. The number of halogens is 1. The van der Waals surface area contributed by atoms with E-state index in [1.54, 1.807) is 0 Å². The minimum Gasteiger partial charge on any atom is -0.286 e. The normalized spacial score (nSPS) is 10.7. The average Bonchev–Trinajstić information content (AvgIpc) is 2.53. The second-order valence-electron chi connectivity index (χ2n) is 4.55. The number of hydrogen-bond donors (Lipinski definition) is 0. The highest BCUT2D eigenvalue weighted by atomic mass is 79.9. The van der Waals surface area contributed by atoms with Crippen molar-refractivity contribution in [3.05, 3.63) is 48.8 Å². The lowest BCUT2D eigenvalue weighted by atomic mass is 10.2. The molecule has 0 atom stereocenters. The third-order valence-corrected chi connectivity index (χ3v) is 3.47. The summed E-state index contributed by atoms with van der Waals surface area (Å²) in [5.74, 6) is 0.595. The summed E-state index contributed by atoms with van der Waals surface area (Å²) in [5.41, 5.74) is 2.50. The Kier molecular flexibility index (Phi) is 3.96. The number of aromatic nitrogens is 4. The topological polar surface area (TPSA) is 59.6 Å². The first-order valence-corrected chi connectivity index (χ1v) is 7.29. The Balaban J connectivity index is 1.86. The molecule has 2 heterocycles. The first-order chi connectivity index (χ1) is 10.2. The van der Waals surface area contributed by atoms with Crippen molar-refractivity contribution < 1.29 is 9.36 Å². The number of hydrogen-bond acceptors (Lipinski definition) is 4. The quantitative estimate of drug-likeness (QED) is 0.538. The van der Waals surface area contributed by atoms with Crippen LogP contribution in [0.3, 0.4) is 0 Å². The van der Waals surface area contributed by atoms with Crippen LogP contribution in [0.1, 0.15) is 6.42 Å². The van der Waals surface area contributed by atoms with Gasteiger partial charge in [-0.25, -0.2) is 9.55 Å². The van der Waals surface area contributed by atoms with Crippen LogP contribution in [0, 0.1) is 0 Å². The third-order valence-electron chi connectivity index (χ3n) is 3.08. The van der Waals surface area contributed by atoms with Crippen molar-refractivity contribution in [3.63, 3.8) is 0 Å². The zero-order valence-electron chi connectivity index (χ0n) is 11.1. The molecule has 21 heavy (non-hydrogen) atoms. The smallest absolute Gasteiger partial charge is 0.204 e. The van der Waals surface area contributed by atoms with Gasteiger partial charge < -0.3 is 0 Å². The number of benzene rings is 1. The number of carbonyl (C=O) groups is 1. The summed E-state index contributed by atoms with van der Waals surface area (Å²) in [6.07, 6.45) is 4.27. The average molecular weight is 344 g/mol. The zero-order valence-corrected chi connectivity index (χ0v) is 12.7. The van der Waals surface area contributed by atoms with Crippen LogP contribution in [0.25, 0.3) is 22.4 Å². The van der Waals surface area contributed by atoms with E-state index in [9.17, 15) is 4.79 Å². The second kappa shape index (κ2) is 6.05. The summed E-state index contributed by atoms with van der Waals surface area (Å²) < 4.78 is 1.94. The molecule has 0 saturated carbocycles. The lowest BCUT2D eigenvalue weighted by molar-refractivity contribution is -0.695. The highest BCUT2D eigenvalue weighted by molar-refractivity contribution is 9.18. The van der Waals surface area contributed by atoms with E-state index in [1.165, 1.54) is 0 Å². The number of carbonyl (C=O) groups excluding carboxylic acids is 1. The largest absolute Gasteiger partial charge is 0.286 e. The van der Waals surface area contributed by atoms with Gasteiger partial charge in [0.25, 0.3) is 0 Å². The van der Waals surface area contributed by atoms with Gasteiger partial charge >= 0.3 is 0 Å². The summed E-state index contributed by atoms with van der Waals surface area (Å²) in [6.45, 7) is 0.640. The third kappa shape index (κ3) is 3.28. The molecule has 0 fully saturated rings. The first kappa shape index (κ1) is 13.8. The number of pyridine rings is 1. The van der Waals surface area contributed by atoms with Crippen LogP contribution >= 0.6 is 15.9 Å². The van der Waals surface area contributed by atoms with Gasteiger partial charge in [-0.05, 0) is 28.1 Å². The lowest BCUT2D eigenvalue weighted by Gasteiger charge is -2.00. The highest BCUT2D eigenvalue weighted by Crippen LogP contribution is 2.15. The maximum atomic E-state index is 10.9. The van der Waals surface area contributed by atoms with Crippen molar-refractivity contribution in [1.82, 2.24) is 15.2 Å². The molecule has 2 aromatic heterocycles. The van der Waals surface area contributed by atoms with Gasteiger partial charge in [0, 0.05) is 17.7 Å². The summed E-state index contributed by atoms with van der Waals surface area (Å²) in [7, 11) is 0. The molecule has 0 aliphatic carbocycles. The van der Waals surface area contributed by atoms with Crippen molar-refractivity contribution in [2.24, 2.45) is 0 Å². The predicted molar refractivity (Wildman–Crippen MR) is 81.5 cm³/mol. The Hall–Kier alpha value is -2.21. The summed E-state index contributed by atoms with van der Waals surface area (Å²) in [5, 5.41) is 8.32. The van der Waals surface area contributed by atoms with Crippen molar-refractivity contribution in [2.75, 3.05) is 0 Å². The van der Waals surface area contributed by atoms with Crippen LogP contribution in [0.2, 0.25) is 0 Å². The maximum absolute atomic E-state index is 10.9. The zero-order chi connectivity index (χ0) is 14.7. The van der Waals surface area contributed by atoms with Gasteiger partial charge in [0.15, 0.2) is 24.8 Å². The van der Waals surface area contributed by atoms with Crippen molar-refractivity contribution in [3.8, 4) is 11.4 Å². The number of aryl methyl sites for hydroxylation is 1. The van der Waals surface area contributed by atoms with E-state index in [0.29, 0.717) is 18.8 Å². The number of rotatable bonds is 4. The molecule has 0 bridgehead atoms. The second-order valence-corrected chi connectivity index (χ2v) is 5.44. The molecular formula is C15H12BrN4O+. The molecule has 6 heteroatoms. The molecule has 0 aliphatic heterocycles. The standard InChI is InChI=1S/C15H12BrN4O/c16-14(21)7-10-20-8-5-11(6-9-20)15-17-12-3-1-2-4-13(12)18-19-15/h1-6,8-9H,7,10H2/q+1. The van der Waals surface area contributed by atoms with Gasteiger partial charge in [-0.15, -0.1) is 10.2 Å². The Morgan fingerprint density at radius 2 is 1.76 bits per heavy atom. The fourth-order valence-corrected chi connectivity index (χ4v) is 2.15. The minimum absolute atomic E-state index is 0.00105. The van der Waals surface area contributed by atoms with E-state index in [4.69, 9.17) is 0 Å². The predicted octanol–water partition coefficient (Wildman–Crippen LogP) is 2.29. The van der Waals surface area contributed by atoms with Crippen LogP contribution < -0.4 is 4.57 Å². The SMILES string of the molecule is O=C(Br)CC[n+]1ccc(-c2nnc3ccccc3n2)cc1. The Labute approximate surface area is 129 Å². The Morgan fingerprint density at radius 3 is 2.48 bits per heavy atom. The van der Waals surface area contributed by atoms with Gasteiger partial charge in [0.05, 0.1) is 11.9 Å². The molecule has 0 radical (unpaired) electrons. The van der Waals surface area contributed by atoms with Gasteiger partial charge in [0.1, 0.15) is 5.52 Å². The molecule has 0 N–H and O–H groups in total. The molecular weight excluding hydrogens is 332 g/mol. The van der Waals surface area contributed by atoms with Crippen LogP contribution in [0.5, 0.6) is 0 Å². The molecule has 0 aliphatic rings. The molecule has 1 aromatic carbocycles. The Morgan fingerprint density at radius 1 is 1.05 bits per heavy atom. The number of nitrogens with zero attached hydrogens (tertiary/aromatic N) is 4. The molecule has 0 saturated heterocycles. The van der Waals surface area contributed by atoms with Crippen LogP contribution in [0.15, 0.2) is 48.8 Å². The van der Waals surface area contributed by atoms with E-state index in [1.807, 2.05) is 53.4 Å². The van der Waals surface area contributed by atoms with Crippen molar-refractivity contribution in [2.45, 2.75) is 13.0 Å². The molecule has 104 valence electrons. The molecule has 3 rings (SSSR count). The van der Waals surface area contributed by atoms with E-state index >= 15 is 0 Å². The van der Waals surface area contributed by atoms with E-state index in [0.717, 1.165) is 16.6 Å². The van der Waals surface area contributed by atoms with Crippen LogP contribution in [-0.2, 0) is 11.3 Å². The molecule has 3 aromatic rings. The summed E-state index contributed by atoms with van der Waals surface area (Å²) in [4.78, 5) is 15.4.